The van der Waals surface area contributed by atoms with Crippen LogP contribution in [0.4, 0.5) is 4.39 Å². The lowest BCUT2D eigenvalue weighted by Gasteiger charge is -2.31. The van der Waals surface area contributed by atoms with E-state index in [0.717, 1.165) is 12.8 Å². The Morgan fingerprint density at radius 2 is 2.05 bits per heavy atom. The number of halogens is 2. The molecule has 2 rings (SSSR count). The first kappa shape index (κ1) is 14.3. The van der Waals surface area contributed by atoms with Crippen molar-refractivity contribution in [2.45, 2.75) is 44.6 Å². The molecule has 104 valence electrons. The number of rotatable bonds is 3. The maximum atomic E-state index is 13.7. The first-order chi connectivity index (χ1) is 9.09. The molecule has 1 aliphatic carbocycles. The Morgan fingerprint density at radius 3 is 2.68 bits per heavy atom. The molecule has 0 unspecified atom stereocenters. The van der Waals surface area contributed by atoms with Gasteiger partial charge in [0.25, 0.3) is 0 Å². The number of amides is 1. The summed E-state index contributed by atoms with van der Waals surface area (Å²) in [5.41, 5.74) is 0.303. The van der Waals surface area contributed by atoms with Crippen molar-refractivity contribution in [3.05, 3.63) is 34.6 Å². The van der Waals surface area contributed by atoms with Crippen LogP contribution in [0.25, 0.3) is 0 Å². The lowest BCUT2D eigenvalue weighted by Crippen LogP contribution is -2.39. The molecule has 0 spiro atoms. The minimum absolute atomic E-state index is 0.0402. The normalized spacial score (nSPS) is 16.4. The van der Waals surface area contributed by atoms with E-state index in [1.807, 2.05) is 7.05 Å². The van der Waals surface area contributed by atoms with Crippen LogP contribution in [0.3, 0.4) is 0 Å². The van der Waals surface area contributed by atoms with Crippen LogP contribution in [0.15, 0.2) is 18.2 Å². The van der Waals surface area contributed by atoms with Gasteiger partial charge in [0.15, 0.2) is 0 Å². The summed E-state index contributed by atoms with van der Waals surface area (Å²) in [5.74, 6) is -0.461. The molecule has 1 aromatic carbocycles. The highest BCUT2D eigenvalue weighted by Gasteiger charge is 2.23. The highest BCUT2D eigenvalue weighted by molar-refractivity contribution is 6.31. The van der Waals surface area contributed by atoms with E-state index >= 15 is 0 Å². The summed E-state index contributed by atoms with van der Waals surface area (Å²) >= 11 is 5.95. The van der Waals surface area contributed by atoms with Gasteiger partial charge in [0.2, 0.25) is 5.91 Å². The van der Waals surface area contributed by atoms with Crippen LogP contribution in [0, 0.1) is 5.82 Å². The second-order valence-electron chi connectivity index (χ2n) is 5.17. The van der Waals surface area contributed by atoms with Crippen LogP contribution in [0.5, 0.6) is 0 Å². The molecule has 0 radical (unpaired) electrons. The number of hydrogen-bond donors (Lipinski definition) is 0. The fraction of sp³-hybridized carbons (Fsp3) is 0.533. The average molecular weight is 284 g/mol. The molecule has 1 aliphatic rings. The van der Waals surface area contributed by atoms with Gasteiger partial charge in [0.05, 0.1) is 6.42 Å². The van der Waals surface area contributed by atoms with Gasteiger partial charge >= 0.3 is 0 Å². The monoisotopic (exact) mass is 283 g/mol. The molecule has 1 amide bonds. The lowest BCUT2D eigenvalue weighted by atomic mass is 9.94. The van der Waals surface area contributed by atoms with Gasteiger partial charge < -0.3 is 4.90 Å². The third kappa shape index (κ3) is 3.47. The van der Waals surface area contributed by atoms with Crippen LogP contribution in [-0.4, -0.2) is 23.9 Å². The number of hydrogen-bond acceptors (Lipinski definition) is 1. The molecule has 19 heavy (non-hydrogen) atoms. The number of carbonyl (C=O) groups is 1. The van der Waals surface area contributed by atoms with Crippen molar-refractivity contribution in [2.24, 2.45) is 0 Å². The van der Waals surface area contributed by atoms with Crippen LogP contribution >= 0.6 is 11.6 Å². The van der Waals surface area contributed by atoms with Crippen LogP contribution in [0.1, 0.15) is 37.7 Å². The third-order valence-corrected chi connectivity index (χ3v) is 4.26. The van der Waals surface area contributed by atoms with Crippen molar-refractivity contribution in [3.63, 3.8) is 0 Å². The fourth-order valence-corrected chi connectivity index (χ4v) is 2.88. The van der Waals surface area contributed by atoms with E-state index in [1.54, 1.807) is 17.0 Å². The molecule has 0 saturated heterocycles. The highest BCUT2D eigenvalue weighted by atomic mass is 35.5. The van der Waals surface area contributed by atoms with Crippen molar-refractivity contribution < 1.29 is 9.18 Å². The smallest absolute Gasteiger partial charge is 0.227 e. The maximum absolute atomic E-state index is 13.7. The van der Waals surface area contributed by atoms with E-state index < -0.39 is 5.82 Å². The first-order valence-electron chi connectivity index (χ1n) is 6.78. The van der Waals surface area contributed by atoms with E-state index in [2.05, 4.69) is 0 Å². The van der Waals surface area contributed by atoms with E-state index in [9.17, 15) is 9.18 Å². The van der Waals surface area contributed by atoms with Gasteiger partial charge in [-0.15, -0.1) is 0 Å². The first-order valence-corrected chi connectivity index (χ1v) is 7.16. The third-order valence-electron chi connectivity index (χ3n) is 3.91. The van der Waals surface area contributed by atoms with E-state index in [0.29, 0.717) is 16.6 Å². The van der Waals surface area contributed by atoms with Gasteiger partial charge in [-0.05, 0) is 25.0 Å². The molecule has 4 heteroatoms. The highest BCUT2D eigenvalue weighted by Crippen LogP contribution is 2.24. The molecule has 0 bridgehead atoms. The SMILES string of the molecule is CN(C(=O)Cc1c(F)cccc1Cl)C1CCCCC1. The molecule has 1 aromatic rings. The lowest BCUT2D eigenvalue weighted by molar-refractivity contribution is -0.131. The summed E-state index contributed by atoms with van der Waals surface area (Å²) in [4.78, 5) is 14.0. The molecule has 0 N–H and O–H groups in total. The van der Waals surface area contributed by atoms with Crippen LogP contribution < -0.4 is 0 Å². The van der Waals surface area contributed by atoms with Gasteiger partial charge in [-0.2, -0.15) is 0 Å². The molecule has 0 aromatic heterocycles. The van der Waals surface area contributed by atoms with Gasteiger partial charge in [-0.1, -0.05) is 36.9 Å². The Kier molecular flexibility index (Phi) is 4.81. The van der Waals surface area contributed by atoms with Gasteiger partial charge in [-0.3, -0.25) is 4.79 Å². The largest absolute Gasteiger partial charge is 0.342 e. The van der Waals surface area contributed by atoms with Crippen LogP contribution in [0.2, 0.25) is 5.02 Å². The summed E-state index contributed by atoms with van der Waals surface area (Å²) in [6.45, 7) is 0. The van der Waals surface area contributed by atoms with E-state index in [1.165, 1.54) is 25.3 Å². The molecule has 2 nitrogen and oxygen atoms in total. The topological polar surface area (TPSA) is 20.3 Å². The number of nitrogens with zero attached hydrogens (tertiary/aromatic N) is 1. The van der Waals surface area contributed by atoms with Crippen molar-refractivity contribution in [3.8, 4) is 0 Å². The molecule has 0 atom stereocenters. The van der Waals surface area contributed by atoms with Crippen LogP contribution in [-0.2, 0) is 11.2 Å². The Balaban J connectivity index is 2.04. The average Bonchev–Trinajstić information content (AvgIpc) is 2.43. The molecule has 1 fully saturated rings. The molecule has 0 aliphatic heterocycles. The fourth-order valence-electron chi connectivity index (χ4n) is 2.65. The number of benzene rings is 1. The van der Waals surface area contributed by atoms with Gasteiger partial charge in [0, 0.05) is 23.7 Å². The molecular formula is C15H19ClFNO. The van der Waals surface area contributed by atoms with Crippen molar-refractivity contribution in [1.82, 2.24) is 4.90 Å². The predicted molar refractivity (Wildman–Crippen MR) is 74.8 cm³/mol. The standard InChI is InChI=1S/C15H19ClFNO/c1-18(11-6-3-2-4-7-11)15(19)10-12-13(16)8-5-9-14(12)17/h5,8-9,11H,2-4,6-7,10H2,1H3. The Labute approximate surface area is 118 Å². The summed E-state index contributed by atoms with van der Waals surface area (Å²) in [5, 5.41) is 0.324. The van der Waals surface area contributed by atoms with Crippen molar-refractivity contribution in [1.29, 1.82) is 0 Å². The van der Waals surface area contributed by atoms with E-state index in [-0.39, 0.29) is 12.3 Å². The molecular weight excluding hydrogens is 265 g/mol. The summed E-state index contributed by atoms with van der Waals surface area (Å²) < 4.78 is 13.7. The van der Waals surface area contributed by atoms with E-state index in [4.69, 9.17) is 11.6 Å². The maximum Gasteiger partial charge on any atom is 0.227 e. The summed E-state index contributed by atoms with van der Waals surface area (Å²) in [6, 6.07) is 4.81. The van der Waals surface area contributed by atoms with Crippen molar-refractivity contribution >= 4 is 17.5 Å². The predicted octanol–water partition coefficient (Wildman–Crippen LogP) is 3.81. The van der Waals surface area contributed by atoms with Gasteiger partial charge in [-0.25, -0.2) is 4.39 Å². The van der Waals surface area contributed by atoms with Gasteiger partial charge in [0.1, 0.15) is 5.82 Å². The zero-order chi connectivity index (χ0) is 13.8. The zero-order valence-electron chi connectivity index (χ0n) is 11.2. The second-order valence-corrected chi connectivity index (χ2v) is 5.58. The summed E-state index contributed by atoms with van der Waals surface area (Å²) in [6.07, 6.45) is 5.72. The Hall–Kier alpha value is -1.09. The summed E-state index contributed by atoms with van der Waals surface area (Å²) in [7, 11) is 1.81. The minimum atomic E-state index is -0.405. The zero-order valence-corrected chi connectivity index (χ0v) is 11.9. The second kappa shape index (κ2) is 6.38. The Morgan fingerprint density at radius 1 is 1.37 bits per heavy atom. The minimum Gasteiger partial charge on any atom is -0.342 e. The Bertz CT molecular complexity index is 437. The quantitative estimate of drug-likeness (QED) is 0.826. The number of carbonyl (C=O) groups excluding carboxylic acids is 1. The molecule has 0 heterocycles. The molecule has 1 saturated carbocycles. The van der Waals surface area contributed by atoms with Crippen molar-refractivity contribution in [2.75, 3.05) is 7.05 Å². The number of likely N-dealkylation sites (N-methyl/N-ethyl adjacent to an activating group) is 1.